The number of rotatable bonds is 55. The van der Waals surface area contributed by atoms with Gasteiger partial charge in [0.15, 0.2) is 6.10 Å². The van der Waals surface area contributed by atoms with Crippen molar-refractivity contribution in [2.45, 2.75) is 290 Å². The summed E-state index contributed by atoms with van der Waals surface area (Å²) < 4.78 is 16.9. The van der Waals surface area contributed by atoms with E-state index in [2.05, 4.69) is 130 Å². The lowest BCUT2D eigenvalue weighted by atomic mass is 10.0. The fourth-order valence-electron chi connectivity index (χ4n) is 8.42. The molecule has 0 heterocycles. The van der Waals surface area contributed by atoms with Gasteiger partial charge >= 0.3 is 17.9 Å². The first-order valence-electron chi connectivity index (χ1n) is 30.9. The van der Waals surface area contributed by atoms with Crippen molar-refractivity contribution >= 4 is 17.9 Å². The Balaban J connectivity index is 4.30. The maximum atomic E-state index is 12.9. The summed E-state index contributed by atoms with van der Waals surface area (Å²) >= 11 is 0. The van der Waals surface area contributed by atoms with Crippen LogP contribution in [0.25, 0.3) is 0 Å². The number of carbonyl (C=O) groups is 3. The Morgan fingerprint density at radius 2 is 0.527 bits per heavy atom. The fourth-order valence-corrected chi connectivity index (χ4v) is 8.42. The van der Waals surface area contributed by atoms with E-state index >= 15 is 0 Å². The maximum Gasteiger partial charge on any atom is 0.306 e. The Bertz CT molecular complexity index is 1510. The molecule has 0 aliphatic heterocycles. The van der Waals surface area contributed by atoms with Crippen molar-refractivity contribution in [3.63, 3.8) is 0 Å². The maximum absolute atomic E-state index is 12.9. The highest BCUT2D eigenvalue weighted by Gasteiger charge is 2.19. The predicted molar refractivity (Wildman–Crippen MR) is 320 cm³/mol. The van der Waals surface area contributed by atoms with E-state index in [1.807, 2.05) is 0 Å². The number of hydrogen-bond acceptors (Lipinski definition) is 6. The monoisotopic (exact) mass is 1030 g/mol. The van der Waals surface area contributed by atoms with Crippen LogP contribution in [0.15, 0.2) is 109 Å². The second-order valence-corrected chi connectivity index (χ2v) is 20.2. The van der Waals surface area contributed by atoms with Crippen LogP contribution in [0.3, 0.4) is 0 Å². The number of ether oxygens (including phenoxy) is 3. The Labute approximate surface area is 457 Å². The lowest BCUT2D eigenvalue weighted by molar-refractivity contribution is -0.167. The number of esters is 3. The zero-order valence-electron chi connectivity index (χ0n) is 48.3. The molecule has 0 bridgehead atoms. The number of carbonyl (C=O) groups excluding carboxylic acids is 3. The quantitative estimate of drug-likeness (QED) is 0.0261. The van der Waals surface area contributed by atoms with Gasteiger partial charge in [-0.15, -0.1) is 0 Å². The van der Waals surface area contributed by atoms with E-state index in [9.17, 15) is 14.4 Å². The molecule has 0 aromatic rings. The molecule has 74 heavy (non-hydrogen) atoms. The van der Waals surface area contributed by atoms with Crippen LogP contribution in [0.1, 0.15) is 284 Å². The van der Waals surface area contributed by atoms with Crippen molar-refractivity contribution in [3.8, 4) is 0 Å². The third-order valence-electron chi connectivity index (χ3n) is 13.0. The molecule has 0 aliphatic carbocycles. The molecule has 0 aromatic heterocycles. The van der Waals surface area contributed by atoms with Crippen LogP contribution in [0.4, 0.5) is 0 Å². The summed E-state index contributed by atoms with van der Waals surface area (Å²) in [6.07, 6.45) is 83.7. The van der Waals surface area contributed by atoms with Gasteiger partial charge in [-0.2, -0.15) is 0 Å². The molecule has 0 rings (SSSR count). The van der Waals surface area contributed by atoms with Gasteiger partial charge in [0, 0.05) is 19.3 Å². The standard InChI is InChI=1S/C68H114O6/c1-4-7-10-13-16-19-22-25-27-29-30-31-32-33-34-35-36-37-38-40-41-43-46-49-52-55-58-61-67(70)73-64-65(63-72-66(69)60-57-54-51-48-45-24-21-18-15-12-9-6-3)74-68(71)62-59-56-53-50-47-44-42-39-28-26-23-20-17-14-11-8-5-2/h7-8,10-11,16-21,25-28,30-31,33-34,65H,4-6,9,12-15,22-24,29,32,35-64H2,1-3H3/b10-7-,11-8-,19-16-,20-17-,21-18-,27-25-,28-26-,31-30-,34-33-. The SMILES string of the molecule is CC/C=C\C/C=C\C/C=C\C/C=C\C/C=C\CCCCCCCCCCCCCC(=O)OCC(COC(=O)CCCCCCC/C=C\CCCCC)OC(=O)CCCCCCCCC/C=C\C/C=C\C/C=C\CC. The van der Waals surface area contributed by atoms with Crippen molar-refractivity contribution in [1.29, 1.82) is 0 Å². The van der Waals surface area contributed by atoms with Crippen LogP contribution in [0, 0.1) is 0 Å². The number of unbranched alkanes of at least 4 members (excludes halogenated alkanes) is 26. The summed E-state index contributed by atoms with van der Waals surface area (Å²) in [6, 6.07) is 0. The van der Waals surface area contributed by atoms with Gasteiger partial charge in [0.25, 0.3) is 0 Å². The Morgan fingerprint density at radius 3 is 0.838 bits per heavy atom. The highest BCUT2D eigenvalue weighted by atomic mass is 16.6. The summed E-state index contributed by atoms with van der Waals surface area (Å²) in [6.45, 7) is 6.39. The van der Waals surface area contributed by atoms with Gasteiger partial charge < -0.3 is 14.2 Å². The molecule has 0 fully saturated rings. The zero-order valence-corrected chi connectivity index (χ0v) is 48.3. The first kappa shape index (κ1) is 70.1. The lowest BCUT2D eigenvalue weighted by Gasteiger charge is -2.18. The zero-order chi connectivity index (χ0) is 53.6. The van der Waals surface area contributed by atoms with E-state index in [-0.39, 0.29) is 31.1 Å². The predicted octanol–water partition coefficient (Wildman–Crippen LogP) is 21.0. The number of hydrogen-bond donors (Lipinski definition) is 0. The van der Waals surface area contributed by atoms with E-state index < -0.39 is 6.10 Å². The van der Waals surface area contributed by atoms with Crippen LogP contribution >= 0.6 is 0 Å². The summed E-state index contributed by atoms with van der Waals surface area (Å²) in [5.41, 5.74) is 0. The van der Waals surface area contributed by atoms with E-state index in [4.69, 9.17) is 14.2 Å². The first-order valence-corrected chi connectivity index (χ1v) is 30.9. The van der Waals surface area contributed by atoms with E-state index in [1.54, 1.807) is 0 Å². The molecule has 6 nitrogen and oxygen atoms in total. The molecule has 0 aliphatic rings. The van der Waals surface area contributed by atoms with Crippen molar-refractivity contribution in [2.24, 2.45) is 0 Å². The van der Waals surface area contributed by atoms with Crippen molar-refractivity contribution in [1.82, 2.24) is 0 Å². The summed E-state index contributed by atoms with van der Waals surface area (Å²) in [7, 11) is 0. The van der Waals surface area contributed by atoms with Gasteiger partial charge in [-0.1, -0.05) is 252 Å². The first-order chi connectivity index (χ1) is 36.5. The third kappa shape index (κ3) is 59.0. The largest absolute Gasteiger partial charge is 0.462 e. The summed E-state index contributed by atoms with van der Waals surface area (Å²) in [5.74, 6) is -0.904. The van der Waals surface area contributed by atoms with Crippen LogP contribution in [0.5, 0.6) is 0 Å². The highest BCUT2D eigenvalue weighted by Crippen LogP contribution is 2.15. The van der Waals surface area contributed by atoms with Gasteiger partial charge in [-0.25, -0.2) is 0 Å². The van der Waals surface area contributed by atoms with Crippen molar-refractivity contribution < 1.29 is 28.6 Å². The third-order valence-corrected chi connectivity index (χ3v) is 13.0. The van der Waals surface area contributed by atoms with Gasteiger partial charge in [0.2, 0.25) is 0 Å². The molecule has 0 spiro atoms. The normalized spacial score (nSPS) is 12.9. The van der Waals surface area contributed by atoms with Crippen LogP contribution in [-0.4, -0.2) is 37.2 Å². The molecule has 6 heteroatoms. The fraction of sp³-hybridized carbons (Fsp3) is 0.691. The molecular weight excluding hydrogens is 913 g/mol. The summed E-state index contributed by atoms with van der Waals surface area (Å²) in [4.78, 5) is 38.2. The van der Waals surface area contributed by atoms with Gasteiger partial charge in [-0.05, 0) is 122 Å². The molecule has 0 saturated heterocycles. The molecule has 1 atom stereocenters. The minimum absolute atomic E-state index is 0.0865. The Kier molecular flexibility index (Phi) is 58.3. The Morgan fingerprint density at radius 1 is 0.284 bits per heavy atom. The summed E-state index contributed by atoms with van der Waals surface area (Å²) in [5, 5.41) is 0. The molecule has 0 saturated carbocycles. The molecule has 422 valence electrons. The van der Waals surface area contributed by atoms with Gasteiger partial charge in [0.05, 0.1) is 0 Å². The highest BCUT2D eigenvalue weighted by molar-refractivity contribution is 5.71. The van der Waals surface area contributed by atoms with E-state index in [1.165, 1.54) is 122 Å². The van der Waals surface area contributed by atoms with Crippen LogP contribution in [0.2, 0.25) is 0 Å². The van der Waals surface area contributed by atoms with E-state index in [0.29, 0.717) is 19.3 Å². The topological polar surface area (TPSA) is 78.9 Å². The minimum atomic E-state index is -0.789. The van der Waals surface area contributed by atoms with Gasteiger partial charge in [-0.3, -0.25) is 14.4 Å². The molecule has 0 aromatic carbocycles. The number of allylic oxidation sites excluding steroid dienone is 18. The van der Waals surface area contributed by atoms with Crippen molar-refractivity contribution in [3.05, 3.63) is 109 Å². The average Bonchev–Trinajstić information content (AvgIpc) is 3.40. The smallest absolute Gasteiger partial charge is 0.306 e. The second kappa shape index (κ2) is 61.6. The minimum Gasteiger partial charge on any atom is -0.462 e. The second-order valence-electron chi connectivity index (χ2n) is 20.2. The lowest BCUT2D eigenvalue weighted by Crippen LogP contribution is -2.30. The van der Waals surface area contributed by atoms with Crippen LogP contribution < -0.4 is 0 Å². The average molecular weight is 1030 g/mol. The van der Waals surface area contributed by atoms with Crippen LogP contribution in [-0.2, 0) is 28.6 Å². The molecule has 0 amide bonds. The molecule has 1 unspecified atom stereocenters. The van der Waals surface area contributed by atoms with E-state index in [0.717, 1.165) is 122 Å². The molecule has 0 N–H and O–H groups in total. The Hall–Kier alpha value is -3.93. The molecular formula is C68H114O6. The van der Waals surface area contributed by atoms with Gasteiger partial charge in [0.1, 0.15) is 13.2 Å². The van der Waals surface area contributed by atoms with Crippen molar-refractivity contribution in [2.75, 3.05) is 13.2 Å². The molecule has 0 radical (unpaired) electrons.